The maximum atomic E-state index is 13.0. The molecule has 0 saturated carbocycles. The number of rotatable bonds is 3. The first-order valence-electron chi connectivity index (χ1n) is 10.0. The van der Waals surface area contributed by atoms with Gasteiger partial charge in [-0.05, 0) is 37.1 Å². The summed E-state index contributed by atoms with van der Waals surface area (Å²) in [5, 5.41) is 5.83. The number of nitrogens with one attached hydrogen (secondary N) is 2. The van der Waals surface area contributed by atoms with E-state index in [-0.39, 0.29) is 22.1 Å². The SMILES string of the molecule is COc1ccccc1NC(=O)Nc1cccc2c1C1CC3(CCN1C2=O)SCCS3. The predicted molar refractivity (Wildman–Crippen MR) is 123 cm³/mol. The molecule has 8 heteroatoms. The van der Waals surface area contributed by atoms with Crippen molar-refractivity contribution < 1.29 is 14.3 Å². The van der Waals surface area contributed by atoms with Crippen LogP contribution in [0.5, 0.6) is 5.75 Å². The summed E-state index contributed by atoms with van der Waals surface area (Å²) in [6.45, 7) is 0.769. The molecule has 0 aliphatic carbocycles. The van der Waals surface area contributed by atoms with Crippen molar-refractivity contribution in [3.8, 4) is 5.75 Å². The Balaban J connectivity index is 1.42. The molecule has 3 heterocycles. The Bertz CT molecular complexity index is 1010. The number of piperidine rings is 1. The van der Waals surface area contributed by atoms with Crippen LogP contribution in [-0.2, 0) is 0 Å². The van der Waals surface area contributed by atoms with Crippen molar-refractivity contribution in [3.63, 3.8) is 0 Å². The lowest BCUT2D eigenvalue weighted by molar-refractivity contribution is 0.0669. The molecule has 2 aromatic rings. The van der Waals surface area contributed by atoms with Gasteiger partial charge in [0.2, 0.25) is 0 Å². The van der Waals surface area contributed by atoms with Crippen LogP contribution in [0.25, 0.3) is 0 Å². The summed E-state index contributed by atoms with van der Waals surface area (Å²) in [7, 11) is 1.57. The zero-order valence-corrected chi connectivity index (χ0v) is 18.3. The fourth-order valence-electron chi connectivity index (χ4n) is 4.61. The second-order valence-corrected chi connectivity index (χ2v) is 10.8. The van der Waals surface area contributed by atoms with E-state index in [1.165, 1.54) is 11.5 Å². The molecule has 3 aliphatic rings. The lowest BCUT2D eigenvalue weighted by Gasteiger charge is -2.41. The van der Waals surface area contributed by atoms with E-state index in [0.717, 1.165) is 24.9 Å². The molecule has 1 unspecified atom stereocenters. The highest BCUT2D eigenvalue weighted by Crippen LogP contribution is 2.57. The fourth-order valence-corrected chi connectivity index (χ4v) is 7.88. The maximum absolute atomic E-state index is 13.0. The minimum Gasteiger partial charge on any atom is -0.495 e. The zero-order chi connectivity index (χ0) is 20.7. The number of ether oxygens (including phenoxy) is 1. The lowest BCUT2D eigenvalue weighted by atomic mass is 9.95. The number of hydrogen-bond acceptors (Lipinski definition) is 5. The van der Waals surface area contributed by atoms with Gasteiger partial charge < -0.3 is 20.3 Å². The minimum atomic E-state index is -0.353. The van der Waals surface area contributed by atoms with Crippen LogP contribution < -0.4 is 15.4 Å². The third kappa shape index (κ3) is 3.32. The summed E-state index contributed by atoms with van der Waals surface area (Å²) in [6.07, 6.45) is 1.95. The van der Waals surface area contributed by atoms with Crippen molar-refractivity contribution in [2.45, 2.75) is 23.0 Å². The van der Waals surface area contributed by atoms with Gasteiger partial charge in [-0.1, -0.05) is 18.2 Å². The highest BCUT2D eigenvalue weighted by Gasteiger charge is 2.49. The van der Waals surface area contributed by atoms with Crippen molar-refractivity contribution in [2.24, 2.45) is 0 Å². The van der Waals surface area contributed by atoms with Crippen LogP contribution in [0.15, 0.2) is 42.5 Å². The molecule has 0 aromatic heterocycles. The summed E-state index contributed by atoms with van der Waals surface area (Å²) in [5.74, 6) is 3.00. The molecule has 156 valence electrons. The lowest BCUT2D eigenvalue weighted by Crippen LogP contribution is -2.41. The maximum Gasteiger partial charge on any atom is 0.323 e. The van der Waals surface area contributed by atoms with Crippen LogP contribution in [0.1, 0.15) is 34.8 Å². The molecule has 2 saturated heterocycles. The number of amides is 3. The molecule has 2 N–H and O–H groups in total. The summed E-state index contributed by atoms with van der Waals surface area (Å²) in [5.41, 5.74) is 2.95. The fraction of sp³-hybridized carbons (Fsp3) is 0.364. The second kappa shape index (κ2) is 7.74. The Kier molecular flexibility index (Phi) is 5.06. The van der Waals surface area contributed by atoms with Crippen LogP contribution in [0.2, 0.25) is 0 Å². The molecule has 1 atom stereocenters. The van der Waals surface area contributed by atoms with E-state index >= 15 is 0 Å². The smallest absolute Gasteiger partial charge is 0.323 e. The Labute approximate surface area is 184 Å². The van der Waals surface area contributed by atoms with Gasteiger partial charge in [0, 0.05) is 34.9 Å². The van der Waals surface area contributed by atoms with Crippen LogP contribution >= 0.6 is 23.5 Å². The number of carbonyl (C=O) groups excluding carboxylic acids is 2. The average Bonchev–Trinajstić information content (AvgIpc) is 3.32. The van der Waals surface area contributed by atoms with E-state index in [0.29, 0.717) is 22.7 Å². The third-order valence-electron chi connectivity index (χ3n) is 5.96. The molecule has 3 amide bonds. The number of methoxy groups -OCH3 is 1. The van der Waals surface area contributed by atoms with E-state index in [9.17, 15) is 9.59 Å². The molecule has 1 spiro atoms. The van der Waals surface area contributed by atoms with Gasteiger partial charge >= 0.3 is 6.03 Å². The Morgan fingerprint density at radius 3 is 2.63 bits per heavy atom. The quantitative estimate of drug-likeness (QED) is 0.716. The van der Waals surface area contributed by atoms with Crippen molar-refractivity contribution in [1.29, 1.82) is 0 Å². The average molecular weight is 442 g/mol. The van der Waals surface area contributed by atoms with E-state index in [4.69, 9.17) is 4.74 Å². The largest absolute Gasteiger partial charge is 0.495 e. The van der Waals surface area contributed by atoms with Crippen molar-refractivity contribution in [2.75, 3.05) is 35.8 Å². The minimum absolute atomic E-state index is 0.0158. The van der Waals surface area contributed by atoms with Gasteiger partial charge in [0.15, 0.2) is 0 Å². The Hall–Kier alpha value is -2.32. The van der Waals surface area contributed by atoms with Crippen molar-refractivity contribution in [1.82, 2.24) is 4.90 Å². The van der Waals surface area contributed by atoms with Gasteiger partial charge in [-0.15, -0.1) is 23.5 Å². The number of thioether (sulfide) groups is 2. The van der Waals surface area contributed by atoms with Gasteiger partial charge in [0.05, 0.1) is 22.9 Å². The van der Waals surface area contributed by atoms with E-state index in [2.05, 4.69) is 10.6 Å². The van der Waals surface area contributed by atoms with Crippen molar-refractivity contribution >= 4 is 46.8 Å². The van der Waals surface area contributed by atoms with Gasteiger partial charge in [-0.25, -0.2) is 4.79 Å². The first-order chi connectivity index (χ1) is 14.6. The first-order valence-corrected chi connectivity index (χ1v) is 12.0. The summed E-state index contributed by atoms with van der Waals surface area (Å²) >= 11 is 4.06. The number of para-hydroxylation sites is 2. The van der Waals surface area contributed by atoms with Gasteiger partial charge in [0.25, 0.3) is 5.91 Å². The summed E-state index contributed by atoms with van der Waals surface area (Å²) in [4.78, 5) is 27.8. The normalized spacial score (nSPS) is 21.3. The van der Waals surface area contributed by atoms with E-state index < -0.39 is 0 Å². The predicted octanol–water partition coefficient (Wildman–Crippen LogP) is 4.81. The molecular weight excluding hydrogens is 418 g/mol. The molecule has 6 nitrogen and oxygen atoms in total. The molecule has 5 rings (SSSR count). The third-order valence-corrected chi connectivity index (χ3v) is 9.54. The standard InChI is InChI=1S/C22H23N3O3S2/c1-28-18-8-3-2-6-15(18)23-21(27)24-16-7-4-5-14-19(16)17-13-22(29-11-12-30-22)9-10-25(17)20(14)26/h2-8,17H,9-13H2,1H3,(H2,23,24,27). The van der Waals surface area contributed by atoms with E-state index in [1.54, 1.807) is 19.2 Å². The van der Waals surface area contributed by atoms with Crippen LogP contribution in [0.3, 0.4) is 0 Å². The van der Waals surface area contributed by atoms with Gasteiger partial charge in [0.1, 0.15) is 5.75 Å². The zero-order valence-electron chi connectivity index (χ0n) is 16.6. The molecule has 3 aliphatic heterocycles. The van der Waals surface area contributed by atoms with Gasteiger partial charge in [-0.2, -0.15) is 0 Å². The monoisotopic (exact) mass is 441 g/mol. The van der Waals surface area contributed by atoms with Crippen LogP contribution in [0, 0.1) is 0 Å². The van der Waals surface area contributed by atoms with E-state index in [1.807, 2.05) is 58.8 Å². The number of hydrogen-bond donors (Lipinski definition) is 2. The topological polar surface area (TPSA) is 70.7 Å². The van der Waals surface area contributed by atoms with Crippen LogP contribution in [-0.4, -0.2) is 46.1 Å². The number of nitrogens with zero attached hydrogens (tertiary/aromatic N) is 1. The highest BCUT2D eigenvalue weighted by molar-refractivity contribution is 8.21. The number of benzene rings is 2. The summed E-state index contributed by atoms with van der Waals surface area (Å²) in [6, 6.07) is 12.5. The van der Waals surface area contributed by atoms with Gasteiger partial charge in [-0.3, -0.25) is 4.79 Å². The highest BCUT2D eigenvalue weighted by atomic mass is 32.2. The molecule has 0 bridgehead atoms. The number of urea groups is 1. The molecular formula is C22H23N3O3S2. The van der Waals surface area contributed by atoms with Crippen LogP contribution in [0.4, 0.5) is 16.2 Å². The Morgan fingerprint density at radius 2 is 1.83 bits per heavy atom. The number of carbonyl (C=O) groups is 2. The number of anilines is 2. The molecule has 2 aromatic carbocycles. The first kappa shape index (κ1) is 19.6. The molecule has 0 radical (unpaired) electrons. The van der Waals surface area contributed by atoms with Crippen molar-refractivity contribution in [3.05, 3.63) is 53.6 Å². The number of fused-ring (bicyclic) bond motifs is 3. The Morgan fingerprint density at radius 1 is 1.10 bits per heavy atom. The molecule has 2 fully saturated rings. The second-order valence-electron chi connectivity index (χ2n) is 7.62. The summed E-state index contributed by atoms with van der Waals surface area (Å²) < 4.78 is 5.50. The molecule has 30 heavy (non-hydrogen) atoms.